The number of piperidine rings is 1. The predicted molar refractivity (Wildman–Crippen MR) is 112 cm³/mol. The van der Waals surface area contributed by atoms with Crippen LogP contribution in [0.4, 0.5) is 0 Å². The highest BCUT2D eigenvalue weighted by molar-refractivity contribution is 7.89. The molecule has 2 aromatic carbocycles. The maximum atomic E-state index is 12.7. The van der Waals surface area contributed by atoms with Crippen molar-refractivity contribution in [2.45, 2.75) is 37.6 Å². The van der Waals surface area contributed by atoms with Crippen LogP contribution >= 0.6 is 0 Å². The second-order valence-electron chi connectivity index (χ2n) is 7.22. The Balaban J connectivity index is 1.44. The van der Waals surface area contributed by atoms with Gasteiger partial charge in [0.25, 0.3) is 0 Å². The van der Waals surface area contributed by atoms with Gasteiger partial charge in [0, 0.05) is 26.1 Å². The average Bonchev–Trinajstić information content (AvgIpc) is 2.74. The molecule has 0 aromatic heterocycles. The lowest BCUT2D eigenvalue weighted by molar-refractivity contribution is -0.122. The monoisotopic (exact) mass is 416 g/mol. The highest BCUT2D eigenvalue weighted by Gasteiger charge is 2.29. The molecule has 1 N–H and O–H groups in total. The fraction of sp³-hybridized carbons (Fsp3) is 0.409. The Morgan fingerprint density at radius 3 is 2.34 bits per heavy atom. The average molecular weight is 417 g/mol. The Morgan fingerprint density at radius 1 is 1.07 bits per heavy atom. The second-order valence-corrected chi connectivity index (χ2v) is 9.16. The smallest absolute Gasteiger partial charge is 0.243 e. The van der Waals surface area contributed by atoms with Gasteiger partial charge in [-0.25, -0.2) is 8.42 Å². The molecule has 0 aliphatic carbocycles. The fourth-order valence-electron chi connectivity index (χ4n) is 3.50. The van der Waals surface area contributed by atoms with E-state index in [9.17, 15) is 13.2 Å². The topological polar surface area (TPSA) is 75.7 Å². The van der Waals surface area contributed by atoms with Gasteiger partial charge < -0.3 is 10.1 Å². The van der Waals surface area contributed by atoms with Crippen LogP contribution in [-0.2, 0) is 21.4 Å². The molecule has 156 valence electrons. The molecule has 0 atom stereocenters. The molecule has 1 aliphatic heterocycles. The molecule has 3 rings (SSSR count). The fourth-order valence-corrected chi connectivity index (χ4v) is 4.99. The normalized spacial score (nSPS) is 15.8. The van der Waals surface area contributed by atoms with E-state index in [1.807, 2.05) is 31.2 Å². The van der Waals surface area contributed by atoms with Crippen LogP contribution in [0.15, 0.2) is 59.5 Å². The third kappa shape index (κ3) is 5.81. The lowest BCUT2D eigenvalue weighted by atomic mass is 9.94. The van der Waals surface area contributed by atoms with E-state index >= 15 is 0 Å². The second kappa shape index (κ2) is 9.89. The minimum absolute atomic E-state index is 0.00301. The molecule has 1 aliphatic rings. The number of nitrogens with one attached hydrogen (secondary N) is 1. The highest BCUT2D eigenvalue weighted by Crippen LogP contribution is 2.25. The lowest BCUT2D eigenvalue weighted by Gasteiger charge is -2.31. The molecule has 1 amide bonds. The molecule has 1 fully saturated rings. The number of sulfonamides is 1. The van der Waals surface area contributed by atoms with Gasteiger partial charge >= 0.3 is 0 Å². The number of carbonyl (C=O) groups is 1. The Labute approximate surface area is 172 Å². The van der Waals surface area contributed by atoms with Crippen molar-refractivity contribution in [1.29, 1.82) is 0 Å². The van der Waals surface area contributed by atoms with Crippen molar-refractivity contribution in [3.8, 4) is 5.75 Å². The number of carbonyl (C=O) groups excluding carboxylic acids is 1. The van der Waals surface area contributed by atoms with E-state index < -0.39 is 10.0 Å². The highest BCUT2D eigenvalue weighted by atomic mass is 32.2. The van der Waals surface area contributed by atoms with Crippen molar-refractivity contribution in [3.63, 3.8) is 0 Å². The van der Waals surface area contributed by atoms with Crippen LogP contribution in [0.1, 0.15) is 31.7 Å². The van der Waals surface area contributed by atoms with Crippen molar-refractivity contribution in [3.05, 3.63) is 60.2 Å². The third-order valence-electron chi connectivity index (χ3n) is 5.15. The Hall–Kier alpha value is -2.38. The van der Waals surface area contributed by atoms with E-state index in [0.29, 0.717) is 50.4 Å². The SMILES string of the molecule is CCOc1ccc(CNC(=O)CC2CCN(S(=O)(=O)c3ccccc3)CC2)cc1. The summed E-state index contributed by atoms with van der Waals surface area (Å²) < 4.78 is 32.3. The number of amides is 1. The molecular formula is C22H28N2O4S. The van der Waals surface area contributed by atoms with E-state index in [1.165, 1.54) is 4.31 Å². The van der Waals surface area contributed by atoms with Gasteiger partial charge in [0.2, 0.25) is 15.9 Å². The molecule has 0 bridgehead atoms. The molecule has 6 nitrogen and oxygen atoms in total. The van der Waals surface area contributed by atoms with Crippen molar-refractivity contribution in [1.82, 2.24) is 9.62 Å². The molecule has 1 heterocycles. The molecule has 2 aromatic rings. The van der Waals surface area contributed by atoms with Gasteiger partial charge in [0.15, 0.2) is 0 Å². The van der Waals surface area contributed by atoms with Gasteiger partial charge in [-0.2, -0.15) is 4.31 Å². The maximum absolute atomic E-state index is 12.7. The third-order valence-corrected chi connectivity index (χ3v) is 7.07. The Kier molecular flexibility index (Phi) is 7.28. The van der Waals surface area contributed by atoms with Gasteiger partial charge in [-0.3, -0.25) is 4.79 Å². The maximum Gasteiger partial charge on any atom is 0.243 e. The zero-order chi connectivity index (χ0) is 20.7. The van der Waals surface area contributed by atoms with Crippen LogP contribution in [0.2, 0.25) is 0 Å². The van der Waals surface area contributed by atoms with E-state index in [4.69, 9.17) is 4.74 Å². The van der Waals surface area contributed by atoms with Gasteiger partial charge in [0.1, 0.15) is 5.75 Å². The van der Waals surface area contributed by atoms with E-state index in [1.54, 1.807) is 30.3 Å². The van der Waals surface area contributed by atoms with Crippen molar-refractivity contribution in [2.24, 2.45) is 5.92 Å². The van der Waals surface area contributed by atoms with Crippen LogP contribution in [0.25, 0.3) is 0 Å². The standard InChI is InChI=1S/C22H28N2O4S/c1-2-28-20-10-8-19(9-11-20)17-23-22(25)16-18-12-14-24(15-13-18)29(26,27)21-6-4-3-5-7-21/h3-11,18H,2,12-17H2,1H3,(H,23,25). The molecule has 0 unspecified atom stereocenters. The summed E-state index contributed by atoms with van der Waals surface area (Å²) in [6.45, 7) is 3.95. The lowest BCUT2D eigenvalue weighted by Crippen LogP contribution is -2.39. The van der Waals surface area contributed by atoms with Gasteiger partial charge in [-0.1, -0.05) is 30.3 Å². The number of hydrogen-bond donors (Lipinski definition) is 1. The molecular weight excluding hydrogens is 388 g/mol. The Morgan fingerprint density at radius 2 is 1.72 bits per heavy atom. The van der Waals surface area contributed by atoms with Crippen molar-refractivity contribution in [2.75, 3.05) is 19.7 Å². The summed E-state index contributed by atoms with van der Waals surface area (Å²) in [5.74, 6) is 1.03. The van der Waals surface area contributed by atoms with Gasteiger partial charge in [-0.15, -0.1) is 0 Å². The molecule has 29 heavy (non-hydrogen) atoms. The molecule has 0 spiro atoms. The first-order valence-electron chi connectivity index (χ1n) is 10.0. The quantitative estimate of drug-likeness (QED) is 0.717. The first-order valence-corrected chi connectivity index (χ1v) is 11.5. The zero-order valence-corrected chi connectivity index (χ0v) is 17.5. The minimum atomic E-state index is -3.45. The van der Waals surface area contributed by atoms with Crippen LogP contribution in [0.3, 0.4) is 0 Å². The zero-order valence-electron chi connectivity index (χ0n) is 16.7. The minimum Gasteiger partial charge on any atom is -0.494 e. The first-order chi connectivity index (χ1) is 14.0. The molecule has 7 heteroatoms. The van der Waals surface area contributed by atoms with Gasteiger partial charge in [-0.05, 0) is 55.5 Å². The van der Waals surface area contributed by atoms with Crippen LogP contribution in [-0.4, -0.2) is 38.3 Å². The molecule has 0 saturated carbocycles. The number of benzene rings is 2. The molecule has 1 saturated heterocycles. The van der Waals surface area contributed by atoms with Crippen molar-refractivity contribution >= 4 is 15.9 Å². The van der Waals surface area contributed by atoms with E-state index in [-0.39, 0.29) is 11.8 Å². The number of hydrogen-bond acceptors (Lipinski definition) is 4. The number of nitrogens with zero attached hydrogens (tertiary/aromatic N) is 1. The van der Waals surface area contributed by atoms with Crippen LogP contribution in [0.5, 0.6) is 5.75 Å². The summed E-state index contributed by atoms with van der Waals surface area (Å²) in [6.07, 6.45) is 1.82. The van der Waals surface area contributed by atoms with E-state index in [2.05, 4.69) is 5.32 Å². The summed E-state index contributed by atoms with van der Waals surface area (Å²) in [5.41, 5.74) is 1.02. The first kappa shape index (κ1) is 21.3. The summed E-state index contributed by atoms with van der Waals surface area (Å²) in [4.78, 5) is 12.6. The largest absolute Gasteiger partial charge is 0.494 e. The van der Waals surface area contributed by atoms with Crippen LogP contribution in [0, 0.1) is 5.92 Å². The summed E-state index contributed by atoms with van der Waals surface area (Å²) >= 11 is 0. The molecule has 0 radical (unpaired) electrons. The summed E-state index contributed by atoms with van der Waals surface area (Å²) in [7, 11) is -3.45. The number of ether oxygens (including phenoxy) is 1. The number of rotatable bonds is 8. The summed E-state index contributed by atoms with van der Waals surface area (Å²) in [5, 5.41) is 2.95. The predicted octanol–water partition coefficient (Wildman–Crippen LogP) is 3.19. The van der Waals surface area contributed by atoms with Gasteiger partial charge in [0.05, 0.1) is 11.5 Å². The van der Waals surface area contributed by atoms with Crippen molar-refractivity contribution < 1.29 is 17.9 Å². The summed E-state index contributed by atoms with van der Waals surface area (Å²) in [6, 6.07) is 16.2. The van der Waals surface area contributed by atoms with E-state index in [0.717, 1.165) is 11.3 Å². The Bertz CT molecular complexity index is 890. The van der Waals surface area contributed by atoms with Crippen LogP contribution < -0.4 is 10.1 Å².